The number of aromatic nitrogens is 2. The van der Waals surface area contributed by atoms with Crippen molar-refractivity contribution in [2.24, 2.45) is 0 Å². The molecule has 1 aromatic heterocycles. The molecule has 0 saturated carbocycles. The molecule has 18 heavy (non-hydrogen) atoms. The van der Waals surface area contributed by atoms with Crippen LogP contribution in [0, 0.1) is 0 Å². The number of amides is 1. The van der Waals surface area contributed by atoms with E-state index in [0.717, 1.165) is 25.9 Å². The SMILES string of the molecule is O=C(COC1CCNCC1)NCCn1cccn1. The fourth-order valence-corrected chi connectivity index (χ4v) is 1.95. The van der Waals surface area contributed by atoms with Crippen LogP contribution in [0.3, 0.4) is 0 Å². The normalized spacial score (nSPS) is 16.7. The second kappa shape index (κ2) is 7.13. The number of hydrogen-bond acceptors (Lipinski definition) is 4. The van der Waals surface area contributed by atoms with Crippen LogP contribution in [0.15, 0.2) is 18.5 Å². The molecule has 1 aliphatic rings. The fourth-order valence-electron chi connectivity index (χ4n) is 1.95. The van der Waals surface area contributed by atoms with Crippen LogP contribution >= 0.6 is 0 Å². The van der Waals surface area contributed by atoms with E-state index in [4.69, 9.17) is 4.74 Å². The third-order valence-electron chi connectivity index (χ3n) is 2.96. The molecule has 0 unspecified atom stereocenters. The van der Waals surface area contributed by atoms with Gasteiger partial charge >= 0.3 is 0 Å². The minimum Gasteiger partial charge on any atom is -0.368 e. The Bertz CT molecular complexity index is 347. The molecule has 0 aliphatic carbocycles. The number of rotatable bonds is 6. The van der Waals surface area contributed by atoms with Crippen LogP contribution in [0.4, 0.5) is 0 Å². The first-order valence-electron chi connectivity index (χ1n) is 6.41. The van der Waals surface area contributed by atoms with E-state index in [9.17, 15) is 4.79 Å². The largest absolute Gasteiger partial charge is 0.368 e. The van der Waals surface area contributed by atoms with Crippen molar-refractivity contribution in [2.75, 3.05) is 26.2 Å². The summed E-state index contributed by atoms with van der Waals surface area (Å²) in [6.45, 7) is 3.38. The maximum atomic E-state index is 11.5. The van der Waals surface area contributed by atoms with Gasteiger partial charge in [0, 0.05) is 18.9 Å². The van der Waals surface area contributed by atoms with Crippen molar-refractivity contribution < 1.29 is 9.53 Å². The first-order chi connectivity index (χ1) is 8.84. The Balaban J connectivity index is 1.54. The van der Waals surface area contributed by atoms with Gasteiger partial charge in [-0.25, -0.2) is 0 Å². The molecule has 1 aromatic rings. The minimum atomic E-state index is -0.0549. The summed E-state index contributed by atoms with van der Waals surface area (Å²) in [6.07, 6.45) is 5.80. The Morgan fingerprint density at radius 1 is 1.50 bits per heavy atom. The van der Waals surface area contributed by atoms with Gasteiger partial charge in [-0.3, -0.25) is 9.48 Å². The predicted molar refractivity (Wildman–Crippen MR) is 67.1 cm³/mol. The van der Waals surface area contributed by atoms with Gasteiger partial charge in [0.05, 0.1) is 12.6 Å². The third-order valence-corrected chi connectivity index (χ3v) is 2.96. The summed E-state index contributed by atoms with van der Waals surface area (Å²) in [5.41, 5.74) is 0. The molecule has 0 atom stereocenters. The summed E-state index contributed by atoms with van der Waals surface area (Å²) < 4.78 is 7.34. The Kier molecular flexibility index (Phi) is 5.16. The molecule has 1 fully saturated rings. The number of piperidine rings is 1. The molecule has 6 heteroatoms. The van der Waals surface area contributed by atoms with E-state index in [2.05, 4.69) is 15.7 Å². The van der Waals surface area contributed by atoms with Gasteiger partial charge in [-0.2, -0.15) is 5.10 Å². The Morgan fingerprint density at radius 3 is 3.06 bits per heavy atom. The molecular weight excluding hydrogens is 232 g/mol. The van der Waals surface area contributed by atoms with Crippen LogP contribution in [-0.2, 0) is 16.1 Å². The van der Waals surface area contributed by atoms with E-state index < -0.39 is 0 Å². The zero-order chi connectivity index (χ0) is 12.6. The first kappa shape index (κ1) is 13.0. The predicted octanol–water partition coefficient (Wildman–Crippen LogP) is -0.232. The van der Waals surface area contributed by atoms with E-state index in [-0.39, 0.29) is 18.6 Å². The van der Waals surface area contributed by atoms with Gasteiger partial charge in [-0.1, -0.05) is 0 Å². The summed E-state index contributed by atoms with van der Waals surface area (Å²) >= 11 is 0. The van der Waals surface area contributed by atoms with E-state index in [1.54, 1.807) is 10.9 Å². The maximum absolute atomic E-state index is 11.5. The Hall–Kier alpha value is -1.40. The number of ether oxygens (including phenoxy) is 1. The van der Waals surface area contributed by atoms with Crippen molar-refractivity contribution in [3.8, 4) is 0 Å². The van der Waals surface area contributed by atoms with E-state index in [0.29, 0.717) is 13.1 Å². The molecule has 2 heterocycles. The van der Waals surface area contributed by atoms with Gasteiger partial charge in [0.15, 0.2) is 0 Å². The molecule has 2 rings (SSSR count). The van der Waals surface area contributed by atoms with Crippen molar-refractivity contribution in [1.29, 1.82) is 0 Å². The van der Waals surface area contributed by atoms with E-state index in [1.807, 2.05) is 12.3 Å². The summed E-state index contributed by atoms with van der Waals surface area (Å²) in [7, 11) is 0. The lowest BCUT2D eigenvalue weighted by atomic mass is 10.1. The number of nitrogens with one attached hydrogen (secondary N) is 2. The number of nitrogens with zero attached hydrogens (tertiary/aromatic N) is 2. The quantitative estimate of drug-likeness (QED) is 0.734. The van der Waals surface area contributed by atoms with Crippen molar-refractivity contribution in [1.82, 2.24) is 20.4 Å². The van der Waals surface area contributed by atoms with Gasteiger partial charge < -0.3 is 15.4 Å². The molecule has 0 aromatic carbocycles. The Morgan fingerprint density at radius 2 is 2.33 bits per heavy atom. The summed E-state index contributed by atoms with van der Waals surface area (Å²) in [5, 5.41) is 10.1. The molecule has 1 aliphatic heterocycles. The van der Waals surface area contributed by atoms with Gasteiger partial charge in [0.1, 0.15) is 6.61 Å². The average Bonchev–Trinajstić information content (AvgIpc) is 2.91. The van der Waals surface area contributed by atoms with Crippen molar-refractivity contribution in [2.45, 2.75) is 25.5 Å². The summed E-state index contributed by atoms with van der Waals surface area (Å²) in [6, 6.07) is 1.86. The van der Waals surface area contributed by atoms with E-state index >= 15 is 0 Å². The molecule has 0 radical (unpaired) electrons. The zero-order valence-corrected chi connectivity index (χ0v) is 10.5. The second-order valence-corrected chi connectivity index (χ2v) is 4.38. The van der Waals surface area contributed by atoms with E-state index in [1.165, 1.54) is 0 Å². The minimum absolute atomic E-state index is 0.0549. The van der Waals surface area contributed by atoms with Crippen LogP contribution in [-0.4, -0.2) is 48.0 Å². The van der Waals surface area contributed by atoms with Gasteiger partial charge in [0.2, 0.25) is 5.91 Å². The Labute approximate surface area is 107 Å². The standard InChI is InChI=1S/C12H20N4O2/c17-12(10-18-11-2-5-13-6-3-11)14-7-9-16-8-1-4-15-16/h1,4,8,11,13H,2-3,5-7,9-10H2,(H,14,17). The molecule has 100 valence electrons. The number of carbonyl (C=O) groups excluding carboxylic acids is 1. The lowest BCUT2D eigenvalue weighted by molar-refractivity contribution is -0.128. The van der Waals surface area contributed by atoms with Gasteiger partial charge in [-0.15, -0.1) is 0 Å². The molecule has 0 bridgehead atoms. The second-order valence-electron chi connectivity index (χ2n) is 4.38. The number of carbonyl (C=O) groups is 1. The van der Waals surface area contributed by atoms with Crippen LogP contribution in [0.5, 0.6) is 0 Å². The van der Waals surface area contributed by atoms with Gasteiger partial charge in [0.25, 0.3) is 0 Å². The highest BCUT2D eigenvalue weighted by Crippen LogP contribution is 2.06. The van der Waals surface area contributed by atoms with Gasteiger partial charge in [-0.05, 0) is 32.0 Å². The molecule has 1 saturated heterocycles. The van der Waals surface area contributed by atoms with Crippen LogP contribution in [0.1, 0.15) is 12.8 Å². The molecule has 1 amide bonds. The fraction of sp³-hybridized carbons (Fsp3) is 0.667. The van der Waals surface area contributed by atoms with Crippen molar-refractivity contribution in [3.63, 3.8) is 0 Å². The lowest BCUT2D eigenvalue weighted by Crippen LogP contribution is -2.36. The maximum Gasteiger partial charge on any atom is 0.246 e. The van der Waals surface area contributed by atoms with Crippen molar-refractivity contribution >= 4 is 5.91 Å². The molecule has 6 nitrogen and oxygen atoms in total. The topological polar surface area (TPSA) is 68.2 Å². The molecule has 2 N–H and O–H groups in total. The first-order valence-corrected chi connectivity index (χ1v) is 6.41. The van der Waals surface area contributed by atoms with Crippen LogP contribution in [0.2, 0.25) is 0 Å². The van der Waals surface area contributed by atoms with Crippen molar-refractivity contribution in [3.05, 3.63) is 18.5 Å². The zero-order valence-electron chi connectivity index (χ0n) is 10.5. The third kappa shape index (κ3) is 4.46. The van der Waals surface area contributed by atoms with Crippen LogP contribution in [0.25, 0.3) is 0 Å². The average molecular weight is 252 g/mol. The highest BCUT2D eigenvalue weighted by atomic mass is 16.5. The highest BCUT2D eigenvalue weighted by Gasteiger charge is 2.14. The lowest BCUT2D eigenvalue weighted by Gasteiger charge is -2.22. The monoisotopic (exact) mass is 252 g/mol. The highest BCUT2D eigenvalue weighted by molar-refractivity contribution is 5.77. The number of hydrogen-bond donors (Lipinski definition) is 2. The smallest absolute Gasteiger partial charge is 0.246 e. The van der Waals surface area contributed by atoms with Crippen LogP contribution < -0.4 is 10.6 Å². The molecule has 0 spiro atoms. The summed E-state index contributed by atoms with van der Waals surface area (Å²) in [4.78, 5) is 11.5. The summed E-state index contributed by atoms with van der Waals surface area (Å²) in [5.74, 6) is -0.0549. The molecular formula is C12H20N4O2.